The molecule has 146 valence electrons. The number of carbonyl (C=O) groups excluding carboxylic acids is 2. The normalized spacial score (nSPS) is 22.2. The van der Waals surface area contributed by atoms with E-state index in [2.05, 4.69) is 5.32 Å². The van der Waals surface area contributed by atoms with Gasteiger partial charge in [0.25, 0.3) is 0 Å². The van der Waals surface area contributed by atoms with Crippen LogP contribution in [0.1, 0.15) is 29.3 Å². The van der Waals surface area contributed by atoms with Gasteiger partial charge in [0, 0.05) is 28.8 Å². The molecule has 6 heteroatoms. The monoisotopic (exact) mass is 405 g/mol. The summed E-state index contributed by atoms with van der Waals surface area (Å²) in [6.45, 7) is 1.96. The van der Waals surface area contributed by atoms with Crippen LogP contribution in [0.4, 0.5) is 5.69 Å². The van der Waals surface area contributed by atoms with Crippen molar-refractivity contribution in [1.29, 1.82) is 0 Å². The van der Waals surface area contributed by atoms with Crippen LogP contribution in [0.2, 0.25) is 0 Å². The van der Waals surface area contributed by atoms with E-state index in [9.17, 15) is 14.7 Å². The number of benzene rings is 1. The van der Waals surface area contributed by atoms with E-state index >= 15 is 0 Å². The van der Waals surface area contributed by atoms with E-state index < -0.39 is 6.10 Å². The van der Waals surface area contributed by atoms with Crippen molar-refractivity contribution in [3.8, 4) is 0 Å². The first-order valence-corrected chi connectivity index (χ1v) is 9.74. The fourth-order valence-electron chi connectivity index (χ4n) is 3.71. The lowest BCUT2D eigenvalue weighted by molar-refractivity contribution is -0.110. The first kappa shape index (κ1) is 19.1. The zero-order valence-corrected chi connectivity index (χ0v) is 16.5. The van der Waals surface area contributed by atoms with Crippen molar-refractivity contribution < 1.29 is 19.4 Å². The highest BCUT2D eigenvalue weighted by Gasteiger charge is 2.36. The highest BCUT2D eigenvalue weighted by Crippen LogP contribution is 2.44. The van der Waals surface area contributed by atoms with Gasteiger partial charge in [0.05, 0.1) is 4.99 Å². The summed E-state index contributed by atoms with van der Waals surface area (Å²) in [6.07, 6.45) is 10.8. The summed E-state index contributed by atoms with van der Waals surface area (Å²) in [5.41, 5.74) is 3.65. The quantitative estimate of drug-likeness (QED) is 0.569. The number of hydrogen-bond donors (Lipinski definition) is 2. The lowest BCUT2D eigenvalue weighted by atomic mass is 9.77. The van der Waals surface area contributed by atoms with Gasteiger partial charge in [-0.25, -0.2) is 0 Å². The summed E-state index contributed by atoms with van der Waals surface area (Å²) in [5.74, 6) is 0.185. The van der Waals surface area contributed by atoms with Gasteiger partial charge in [0.15, 0.2) is 12.1 Å². The molecule has 0 saturated carbocycles. The zero-order valence-electron chi connectivity index (χ0n) is 15.7. The Morgan fingerprint density at radius 3 is 2.90 bits per heavy atom. The van der Waals surface area contributed by atoms with Crippen LogP contribution in [0, 0.1) is 5.92 Å². The van der Waals surface area contributed by atoms with Gasteiger partial charge >= 0.3 is 0 Å². The number of anilines is 1. The van der Waals surface area contributed by atoms with Crippen LogP contribution in [0.5, 0.6) is 0 Å². The molecule has 2 N–H and O–H groups in total. The minimum atomic E-state index is -0.464. The number of ketones is 1. The number of aldehydes is 1. The average molecular weight is 405 g/mol. The van der Waals surface area contributed by atoms with E-state index in [1.807, 2.05) is 25.1 Å². The molecule has 0 spiro atoms. The molecule has 4 rings (SSSR count). The maximum atomic E-state index is 11.9. The molecule has 1 heterocycles. The van der Waals surface area contributed by atoms with Crippen LogP contribution in [0.3, 0.4) is 0 Å². The smallest absolute Gasteiger partial charge is 0.182 e. The molecule has 0 saturated heterocycles. The molecule has 0 aromatic heterocycles. The SMILES string of the molecule is CCC(=S)Nc1ccc(C2=C3C=CC(=O)C=C3OC3C=C(O)C=CC23)c(C=O)c1. The average Bonchev–Trinajstić information content (AvgIpc) is 2.71. The van der Waals surface area contributed by atoms with Crippen molar-refractivity contribution in [1.82, 2.24) is 0 Å². The third-order valence-electron chi connectivity index (χ3n) is 5.08. The third kappa shape index (κ3) is 3.59. The number of hydrogen-bond acceptors (Lipinski definition) is 5. The molecule has 1 aromatic carbocycles. The molecule has 0 amide bonds. The Morgan fingerprint density at radius 1 is 1.31 bits per heavy atom. The highest BCUT2D eigenvalue weighted by molar-refractivity contribution is 7.80. The maximum Gasteiger partial charge on any atom is 0.182 e. The van der Waals surface area contributed by atoms with Crippen molar-refractivity contribution in [3.05, 3.63) is 82.9 Å². The van der Waals surface area contributed by atoms with E-state index in [1.54, 1.807) is 24.3 Å². The largest absolute Gasteiger partial charge is 0.508 e. The van der Waals surface area contributed by atoms with Crippen LogP contribution in [0.15, 0.2) is 71.7 Å². The Labute approximate surface area is 173 Å². The molecule has 1 aromatic rings. The number of aliphatic hydroxyl groups is 1. The molecule has 0 radical (unpaired) electrons. The minimum absolute atomic E-state index is 0.107. The Hall–Kier alpha value is -3.25. The second-order valence-corrected chi connectivity index (χ2v) is 7.44. The summed E-state index contributed by atoms with van der Waals surface area (Å²) in [4.78, 5) is 24.5. The fourth-order valence-corrected chi connectivity index (χ4v) is 3.83. The van der Waals surface area contributed by atoms with Crippen LogP contribution in [0.25, 0.3) is 5.57 Å². The van der Waals surface area contributed by atoms with Crippen molar-refractivity contribution in [2.45, 2.75) is 19.4 Å². The van der Waals surface area contributed by atoms with E-state index in [4.69, 9.17) is 17.0 Å². The number of thiocarbonyl (C=S) groups is 1. The van der Waals surface area contributed by atoms with Crippen LogP contribution in [-0.4, -0.2) is 28.3 Å². The maximum absolute atomic E-state index is 11.9. The predicted molar refractivity (Wildman–Crippen MR) is 116 cm³/mol. The number of ether oxygens (including phenoxy) is 1. The number of nitrogens with one attached hydrogen (secondary N) is 1. The number of carbonyl (C=O) groups is 2. The number of rotatable bonds is 4. The Kier molecular flexibility index (Phi) is 5.03. The molecule has 0 bridgehead atoms. The third-order valence-corrected chi connectivity index (χ3v) is 5.47. The molecule has 2 aliphatic carbocycles. The predicted octanol–water partition coefficient (Wildman–Crippen LogP) is 4.45. The molecule has 29 heavy (non-hydrogen) atoms. The lowest BCUT2D eigenvalue weighted by Crippen LogP contribution is -2.31. The van der Waals surface area contributed by atoms with E-state index in [1.165, 1.54) is 12.2 Å². The summed E-state index contributed by atoms with van der Waals surface area (Å²) in [5, 5.41) is 13.0. The van der Waals surface area contributed by atoms with E-state index in [-0.39, 0.29) is 17.5 Å². The van der Waals surface area contributed by atoms with Gasteiger partial charge in [-0.1, -0.05) is 31.3 Å². The van der Waals surface area contributed by atoms with Gasteiger partial charge in [0.1, 0.15) is 17.6 Å². The first-order valence-electron chi connectivity index (χ1n) is 9.33. The molecule has 1 aliphatic heterocycles. The summed E-state index contributed by atoms with van der Waals surface area (Å²) < 4.78 is 5.98. The van der Waals surface area contributed by atoms with Gasteiger partial charge < -0.3 is 15.2 Å². The topological polar surface area (TPSA) is 75.6 Å². The van der Waals surface area contributed by atoms with E-state index in [0.29, 0.717) is 22.7 Å². The van der Waals surface area contributed by atoms with Crippen LogP contribution < -0.4 is 5.32 Å². The van der Waals surface area contributed by atoms with Gasteiger partial charge in [-0.2, -0.15) is 0 Å². The molecular formula is C23H19NO4S. The van der Waals surface area contributed by atoms with Gasteiger partial charge in [-0.05, 0) is 54.0 Å². The second-order valence-electron chi connectivity index (χ2n) is 6.95. The fraction of sp³-hybridized carbons (Fsp3) is 0.174. The number of allylic oxidation sites excluding steroid dienone is 4. The van der Waals surface area contributed by atoms with Crippen molar-refractivity contribution in [3.63, 3.8) is 0 Å². The molecule has 2 unspecified atom stereocenters. The summed E-state index contributed by atoms with van der Waals surface area (Å²) in [6, 6.07) is 5.52. The summed E-state index contributed by atoms with van der Waals surface area (Å²) in [7, 11) is 0. The van der Waals surface area contributed by atoms with Crippen LogP contribution in [-0.2, 0) is 9.53 Å². The van der Waals surface area contributed by atoms with Gasteiger partial charge in [-0.3, -0.25) is 9.59 Å². The second kappa shape index (κ2) is 7.64. The van der Waals surface area contributed by atoms with E-state index in [0.717, 1.165) is 28.7 Å². The molecule has 5 nitrogen and oxygen atoms in total. The molecule has 2 atom stereocenters. The highest BCUT2D eigenvalue weighted by atomic mass is 32.1. The van der Waals surface area contributed by atoms with Crippen molar-refractivity contribution in [2.24, 2.45) is 5.92 Å². The lowest BCUT2D eigenvalue weighted by Gasteiger charge is -2.36. The molecular weight excluding hydrogens is 386 g/mol. The first-order chi connectivity index (χ1) is 14.0. The molecule has 0 fully saturated rings. The van der Waals surface area contributed by atoms with Crippen molar-refractivity contribution in [2.75, 3.05) is 5.32 Å². The van der Waals surface area contributed by atoms with Crippen molar-refractivity contribution >= 4 is 40.5 Å². The summed E-state index contributed by atoms with van der Waals surface area (Å²) >= 11 is 5.24. The standard InChI is InChI=1S/C23H19NO4S/c1-2-22(29)24-14-3-6-17(13(9-14)12-25)23-18-7-4-15(26)10-20(18)28-21-11-16(27)5-8-19(21)23/h3-12,18,20,26H,2H2,1H3,(H,24,29). The van der Waals surface area contributed by atoms with Gasteiger partial charge in [-0.15, -0.1) is 0 Å². The molecule has 3 aliphatic rings. The minimum Gasteiger partial charge on any atom is -0.508 e. The Morgan fingerprint density at radius 2 is 2.14 bits per heavy atom. The van der Waals surface area contributed by atoms with Crippen LogP contribution >= 0.6 is 12.2 Å². The van der Waals surface area contributed by atoms with Gasteiger partial charge in [0.2, 0.25) is 0 Å². The number of fused-ring (bicyclic) bond motifs is 2. The number of aliphatic hydroxyl groups excluding tert-OH is 1. The zero-order chi connectivity index (χ0) is 20.5. The Bertz CT molecular complexity index is 1070. The Balaban J connectivity index is 1.87.